The van der Waals surface area contributed by atoms with Crippen molar-refractivity contribution >= 4 is 28.6 Å². The third-order valence-corrected chi connectivity index (χ3v) is 3.98. The van der Waals surface area contributed by atoms with Crippen LogP contribution in [0.1, 0.15) is 12.0 Å². The number of carbonyl (C=O) groups excluding carboxylic acids is 1. The van der Waals surface area contributed by atoms with Crippen LogP contribution in [0.25, 0.3) is 11.1 Å². The Balaban J connectivity index is 1.65. The molecule has 0 radical (unpaired) electrons. The number of pyridine rings is 1. The van der Waals surface area contributed by atoms with E-state index in [-0.39, 0.29) is 18.9 Å². The Hall–Kier alpha value is -2.60. The predicted octanol–water partition coefficient (Wildman–Crippen LogP) is 2.69. The number of para-hydroxylation sites is 2. The van der Waals surface area contributed by atoms with Gasteiger partial charge in [-0.3, -0.25) is 9.36 Å². The molecule has 0 fully saturated rings. The first-order valence-corrected chi connectivity index (χ1v) is 7.85. The Morgan fingerprint density at radius 2 is 2.08 bits per heavy atom. The molecule has 0 aliphatic carbocycles. The topological polar surface area (TPSA) is 68.3 Å². The highest BCUT2D eigenvalue weighted by Gasteiger charge is 2.13. The number of amides is 1. The van der Waals surface area contributed by atoms with Crippen molar-refractivity contribution in [2.75, 3.05) is 7.05 Å². The first-order chi connectivity index (χ1) is 11.5. The molecule has 0 saturated heterocycles. The number of hydrogen-bond acceptors (Lipinski definition) is 4. The second-order valence-corrected chi connectivity index (χ2v) is 5.86. The van der Waals surface area contributed by atoms with Crippen LogP contribution in [0.2, 0.25) is 5.15 Å². The largest absolute Gasteiger partial charge is 0.419 e. The van der Waals surface area contributed by atoms with Crippen LogP contribution in [0.5, 0.6) is 0 Å². The molecule has 3 rings (SSSR count). The van der Waals surface area contributed by atoms with Crippen LogP contribution < -0.4 is 5.76 Å². The SMILES string of the molecule is CN(Cc1ccc(Cl)nc1)C(=O)CCn1c(=O)oc2ccccc21. The Morgan fingerprint density at radius 3 is 2.83 bits per heavy atom. The van der Waals surface area contributed by atoms with Crippen LogP contribution in [0.3, 0.4) is 0 Å². The normalized spacial score (nSPS) is 10.9. The van der Waals surface area contributed by atoms with E-state index in [4.69, 9.17) is 16.0 Å². The molecule has 7 heteroatoms. The molecule has 0 bridgehead atoms. The van der Waals surface area contributed by atoms with Crippen LogP contribution in [0.15, 0.2) is 51.8 Å². The average Bonchev–Trinajstić information content (AvgIpc) is 2.90. The third-order valence-electron chi connectivity index (χ3n) is 3.76. The summed E-state index contributed by atoms with van der Waals surface area (Å²) >= 11 is 5.75. The zero-order valence-electron chi connectivity index (χ0n) is 13.1. The molecular formula is C17H16ClN3O3. The summed E-state index contributed by atoms with van der Waals surface area (Å²) in [5.74, 6) is -0.518. The van der Waals surface area contributed by atoms with E-state index in [1.54, 1.807) is 42.4 Å². The lowest BCUT2D eigenvalue weighted by Gasteiger charge is -2.17. The fraction of sp³-hybridized carbons (Fsp3) is 0.235. The minimum atomic E-state index is -0.450. The van der Waals surface area contributed by atoms with E-state index >= 15 is 0 Å². The zero-order chi connectivity index (χ0) is 17.1. The molecule has 1 amide bonds. The molecule has 3 aromatic rings. The lowest BCUT2D eigenvalue weighted by atomic mass is 10.2. The fourth-order valence-corrected chi connectivity index (χ4v) is 2.60. The van der Waals surface area contributed by atoms with Gasteiger partial charge in [-0.1, -0.05) is 29.8 Å². The van der Waals surface area contributed by atoms with Gasteiger partial charge in [-0.25, -0.2) is 9.78 Å². The van der Waals surface area contributed by atoms with Crippen molar-refractivity contribution in [1.29, 1.82) is 0 Å². The summed E-state index contributed by atoms with van der Waals surface area (Å²) in [6, 6.07) is 10.7. The molecular weight excluding hydrogens is 330 g/mol. The van der Waals surface area contributed by atoms with Gasteiger partial charge in [0.25, 0.3) is 0 Å². The standard InChI is InChI=1S/C17H16ClN3O3/c1-20(11-12-6-7-15(18)19-10-12)16(22)8-9-21-13-4-2-3-5-14(13)24-17(21)23/h2-7,10H,8-9,11H2,1H3. The Bertz CT molecular complexity index is 915. The molecule has 0 saturated carbocycles. The fourth-order valence-electron chi connectivity index (χ4n) is 2.49. The molecule has 0 aliphatic heterocycles. The Kier molecular flexibility index (Phi) is 4.66. The second-order valence-electron chi connectivity index (χ2n) is 5.48. The molecule has 0 unspecified atom stereocenters. The average molecular weight is 346 g/mol. The minimum Gasteiger partial charge on any atom is -0.408 e. The van der Waals surface area contributed by atoms with Crippen molar-refractivity contribution in [1.82, 2.24) is 14.5 Å². The molecule has 1 aromatic carbocycles. The van der Waals surface area contributed by atoms with Crippen LogP contribution in [0.4, 0.5) is 0 Å². The molecule has 0 atom stereocenters. The van der Waals surface area contributed by atoms with E-state index in [0.29, 0.717) is 22.8 Å². The molecule has 24 heavy (non-hydrogen) atoms. The lowest BCUT2D eigenvalue weighted by molar-refractivity contribution is -0.130. The lowest BCUT2D eigenvalue weighted by Crippen LogP contribution is -2.28. The number of fused-ring (bicyclic) bond motifs is 1. The number of oxazole rings is 1. The van der Waals surface area contributed by atoms with Crippen molar-refractivity contribution in [3.05, 3.63) is 63.9 Å². The van der Waals surface area contributed by atoms with Crippen molar-refractivity contribution in [3.63, 3.8) is 0 Å². The van der Waals surface area contributed by atoms with Gasteiger partial charge in [0.2, 0.25) is 5.91 Å². The molecule has 2 aromatic heterocycles. The van der Waals surface area contributed by atoms with Crippen molar-refractivity contribution in [2.24, 2.45) is 0 Å². The van der Waals surface area contributed by atoms with E-state index in [9.17, 15) is 9.59 Å². The maximum atomic E-state index is 12.3. The molecule has 0 N–H and O–H groups in total. The monoisotopic (exact) mass is 345 g/mol. The summed E-state index contributed by atoms with van der Waals surface area (Å²) in [6.45, 7) is 0.710. The summed E-state index contributed by atoms with van der Waals surface area (Å²) in [6.07, 6.45) is 1.85. The highest BCUT2D eigenvalue weighted by atomic mass is 35.5. The Morgan fingerprint density at radius 1 is 1.29 bits per heavy atom. The first kappa shape index (κ1) is 16.3. The molecule has 0 aliphatic rings. The second kappa shape index (κ2) is 6.88. The van der Waals surface area contributed by atoms with Gasteiger partial charge in [0.1, 0.15) is 5.15 Å². The van der Waals surface area contributed by atoms with Crippen LogP contribution >= 0.6 is 11.6 Å². The van der Waals surface area contributed by atoms with E-state index in [1.165, 1.54) is 4.57 Å². The summed E-state index contributed by atoms with van der Waals surface area (Å²) in [4.78, 5) is 29.8. The number of rotatable bonds is 5. The van der Waals surface area contributed by atoms with Gasteiger partial charge in [-0.2, -0.15) is 0 Å². The quantitative estimate of drug-likeness (QED) is 0.667. The smallest absolute Gasteiger partial charge is 0.408 e. The number of halogens is 1. The maximum absolute atomic E-state index is 12.3. The summed E-state index contributed by atoms with van der Waals surface area (Å²) in [5.41, 5.74) is 2.11. The van der Waals surface area contributed by atoms with Crippen molar-refractivity contribution in [2.45, 2.75) is 19.5 Å². The first-order valence-electron chi connectivity index (χ1n) is 7.47. The molecule has 2 heterocycles. The highest BCUT2D eigenvalue weighted by molar-refractivity contribution is 6.29. The number of benzene rings is 1. The molecule has 124 valence electrons. The van der Waals surface area contributed by atoms with Gasteiger partial charge in [0.05, 0.1) is 5.52 Å². The van der Waals surface area contributed by atoms with Gasteiger partial charge in [-0.15, -0.1) is 0 Å². The number of nitrogens with zero attached hydrogens (tertiary/aromatic N) is 3. The van der Waals surface area contributed by atoms with Gasteiger partial charge < -0.3 is 9.32 Å². The molecule has 0 spiro atoms. The van der Waals surface area contributed by atoms with E-state index in [1.807, 2.05) is 12.1 Å². The van der Waals surface area contributed by atoms with E-state index < -0.39 is 5.76 Å². The van der Waals surface area contributed by atoms with Crippen LogP contribution in [-0.4, -0.2) is 27.4 Å². The predicted molar refractivity (Wildman–Crippen MR) is 90.8 cm³/mol. The van der Waals surface area contributed by atoms with Crippen LogP contribution in [-0.2, 0) is 17.9 Å². The van der Waals surface area contributed by atoms with Gasteiger partial charge >= 0.3 is 5.76 Å². The van der Waals surface area contributed by atoms with E-state index in [0.717, 1.165) is 5.56 Å². The number of hydrogen-bond donors (Lipinski definition) is 0. The van der Waals surface area contributed by atoms with Crippen LogP contribution in [0, 0.1) is 0 Å². The van der Waals surface area contributed by atoms with Gasteiger partial charge in [-0.05, 0) is 23.8 Å². The third kappa shape index (κ3) is 3.49. The Labute approximate surface area is 143 Å². The minimum absolute atomic E-state index is 0.0675. The van der Waals surface area contributed by atoms with Crippen molar-refractivity contribution < 1.29 is 9.21 Å². The summed E-state index contributed by atoms with van der Waals surface area (Å²) in [7, 11) is 1.72. The number of aromatic nitrogens is 2. The number of aryl methyl sites for hydroxylation is 1. The van der Waals surface area contributed by atoms with Gasteiger partial charge in [0, 0.05) is 32.8 Å². The summed E-state index contributed by atoms with van der Waals surface area (Å²) in [5, 5.41) is 0.416. The maximum Gasteiger partial charge on any atom is 0.419 e. The van der Waals surface area contributed by atoms with Gasteiger partial charge in [0.15, 0.2) is 5.58 Å². The summed E-state index contributed by atoms with van der Waals surface area (Å²) < 4.78 is 6.64. The zero-order valence-corrected chi connectivity index (χ0v) is 13.9. The number of carbonyl (C=O) groups is 1. The van der Waals surface area contributed by atoms with E-state index in [2.05, 4.69) is 4.98 Å². The molecule has 6 nitrogen and oxygen atoms in total. The highest BCUT2D eigenvalue weighted by Crippen LogP contribution is 2.13. The van der Waals surface area contributed by atoms with Crippen molar-refractivity contribution in [3.8, 4) is 0 Å².